The van der Waals surface area contributed by atoms with Gasteiger partial charge >= 0.3 is 0 Å². The lowest BCUT2D eigenvalue weighted by atomic mass is 10.1. The molecule has 2 aromatic carbocycles. The van der Waals surface area contributed by atoms with Crippen LogP contribution < -0.4 is 11.1 Å². The molecule has 0 heterocycles. The molecule has 0 bridgehead atoms. The van der Waals surface area contributed by atoms with Crippen molar-refractivity contribution in [2.24, 2.45) is 0 Å². The fraction of sp³-hybridized carbons (Fsp3) is 0.316. The molecule has 1 aliphatic rings. The Hall–Kier alpha value is -1.94. The van der Waals surface area contributed by atoms with Gasteiger partial charge in [0.1, 0.15) is 0 Å². The quantitative estimate of drug-likeness (QED) is 0.789. The number of nitrogens with one attached hydrogen (secondary N) is 1. The van der Waals surface area contributed by atoms with Crippen LogP contribution in [0.4, 0.5) is 11.4 Å². The Bertz CT molecular complexity index is 691. The maximum Gasteiger partial charge on any atom is 0.256 e. The highest BCUT2D eigenvalue weighted by Crippen LogP contribution is 2.35. The molecule has 1 fully saturated rings. The minimum atomic E-state index is -0.119. The molecule has 3 N–H and O–H groups in total. The Morgan fingerprint density at radius 3 is 2.52 bits per heavy atom. The highest BCUT2D eigenvalue weighted by atomic mass is 32.2. The number of nitrogens with two attached hydrogens (primary N) is 1. The Morgan fingerprint density at radius 2 is 1.83 bits per heavy atom. The van der Waals surface area contributed by atoms with Crippen LogP contribution in [0.15, 0.2) is 47.4 Å². The first-order valence-corrected chi connectivity index (χ1v) is 8.94. The lowest BCUT2D eigenvalue weighted by Crippen LogP contribution is -2.13. The number of anilines is 2. The van der Waals surface area contributed by atoms with Gasteiger partial charge in [0.25, 0.3) is 5.91 Å². The number of aryl methyl sites for hydroxylation is 1. The van der Waals surface area contributed by atoms with E-state index in [1.54, 1.807) is 12.1 Å². The molecule has 0 saturated heterocycles. The van der Waals surface area contributed by atoms with E-state index in [0.717, 1.165) is 16.5 Å². The Labute approximate surface area is 141 Å². The van der Waals surface area contributed by atoms with Gasteiger partial charge in [-0.1, -0.05) is 18.9 Å². The molecule has 0 spiro atoms. The van der Waals surface area contributed by atoms with Gasteiger partial charge in [-0.05, 0) is 61.7 Å². The Morgan fingerprint density at radius 1 is 1.13 bits per heavy atom. The minimum Gasteiger partial charge on any atom is -0.399 e. The first kappa shape index (κ1) is 15.9. The van der Waals surface area contributed by atoms with Crippen molar-refractivity contribution in [2.45, 2.75) is 42.8 Å². The largest absolute Gasteiger partial charge is 0.399 e. The van der Waals surface area contributed by atoms with Crippen LogP contribution in [-0.4, -0.2) is 11.2 Å². The van der Waals surface area contributed by atoms with Crippen molar-refractivity contribution >= 4 is 29.0 Å². The number of hydrogen-bond acceptors (Lipinski definition) is 3. The van der Waals surface area contributed by atoms with Crippen LogP contribution in [0.5, 0.6) is 0 Å². The van der Waals surface area contributed by atoms with E-state index in [1.165, 1.54) is 30.6 Å². The molecule has 0 aromatic heterocycles. The number of rotatable bonds is 4. The van der Waals surface area contributed by atoms with Gasteiger partial charge in [-0.25, -0.2) is 0 Å². The lowest BCUT2D eigenvalue weighted by Gasteiger charge is -2.11. The summed E-state index contributed by atoms with van der Waals surface area (Å²) in [7, 11) is 0. The van der Waals surface area contributed by atoms with Crippen LogP contribution >= 0.6 is 11.8 Å². The standard InChI is InChI=1S/C19H22N2OS/c1-13-6-7-14(20)12-18(13)19(22)21-15-8-10-17(11-9-15)23-16-4-2-3-5-16/h6-12,16H,2-5,20H2,1H3,(H,21,22). The minimum absolute atomic E-state index is 0.119. The van der Waals surface area contributed by atoms with E-state index in [4.69, 9.17) is 5.73 Å². The zero-order chi connectivity index (χ0) is 16.2. The van der Waals surface area contributed by atoms with Crippen molar-refractivity contribution < 1.29 is 4.79 Å². The van der Waals surface area contributed by atoms with Gasteiger partial charge in [0, 0.05) is 27.1 Å². The molecule has 2 aromatic rings. The van der Waals surface area contributed by atoms with Crippen molar-refractivity contribution in [2.75, 3.05) is 11.1 Å². The zero-order valence-corrected chi connectivity index (χ0v) is 14.2. The number of carbonyl (C=O) groups is 1. The normalized spacial score (nSPS) is 14.8. The maximum atomic E-state index is 12.4. The molecule has 1 amide bonds. The van der Waals surface area contributed by atoms with Gasteiger partial charge in [0.05, 0.1) is 0 Å². The van der Waals surface area contributed by atoms with Crippen LogP contribution in [0.1, 0.15) is 41.6 Å². The SMILES string of the molecule is Cc1ccc(N)cc1C(=O)Nc1ccc(SC2CCCC2)cc1. The van der Waals surface area contributed by atoms with E-state index in [-0.39, 0.29) is 5.91 Å². The van der Waals surface area contributed by atoms with Crippen molar-refractivity contribution in [3.8, 4) is 0 Å². The Balaban J connectivity index is 1.65. The van der Waals surface area contributed by atoms with Gasteiger partial charge < -0.3 is 11.1 Å². The van der Waals surface area contributed by atoms with Crippen LogP contribution in [0, 0.1) is 6.92 Å². The smallest absolute Gasteiger partial charge is 0.256 e. The summed E-state index contributed by atoms with van der Waals surface area (Å²) in [5.74, 6) is -0.119. The number of nitrogen functional groups attached to an aromatic ring is 1. The summed E-state index contributed by atoms with van der Waals surface area (Å²) in [6, 6.07) is 13.5. The van der Waals surface area contributed by atoms with Gasteiger partial charge in [0.2, 0.25) is 0 Å². The van der Waals surface area contributed by atoms with E-state index in [2.05, 4.69) is 17.4 Å². The van der Waals surface area contributed by atoms with Gasteiger partial charge in [-0.15, -0.1) is 11.8 Å². The summed E-state index contributed by atoms with van der Waals surface area (Å²) in [4.78, 5) is 13.7. The second kappa shape index (κ2) is 7.09. The predicted molar refractivity (Wildman–Crippen MR) is 98.1 cm³/mol. The third-order valence-electron chi connectivity index (χ3n) is 4.22. The molecule has 3 nitrogen and oxygen atoms in total. The fourth-order valence-electron chi connectivity index (χ4n) is 2.90. The summed E-state index contributed by atoms with van der Waals surface area (Å²) in [6.45, 7) is 1.91. The number of carbonyl (C=O) groups excluding carboxylic acids is 1. The molecule has 4 heteroatoms. The van der Waals surface area contributed by atoms with E-state index in [9.17, 15) is 4.79 Å². The van der Waals surface area contributed by atoms with E-state index in [1.807, 2.05) is 36.9 Å². The average molecular weight is 326 g/mol. The second-order valence-electron chi connectivity index (χ2n) is 6.08. The van der Waals surface area contributed by atoms with Gasteiger partial charge in [0.15, 0.2) is 0 Å². The molecule has 0 aliphatic heterocycles. The summed E-state index contributed by atoms with van der Waals surface area (Å²) < 4.78 is 0. The number of benzene rings is 2. The molecule has 120 valence electrons. The first-order valence-electron chi connectivity index (χ1n) is 8.06. The van der Waals surface area contributed by atoms with Crippen LogP contribution in [0.2, 0.25) is 0 Å². The number of amides is 1. The molecule has 1 saturated carbocycles. The maximum absolute atomic E-state index is 12.4. The topological polar surface area (TPSA) is 55.1 Å². The van der Waals surface area contributed by atoms with Crippen molar-refractivity contribution in [3.63, 3.8) is 0 Å². The second-order valence-corrected chi connectivity index (χ2v) is 7.45. The predicted octanol–water partition coefficient (Wildman–Crippen LogP) is 4.86. The van der Waals surface area contributed by atoms with Gasteiger partial charge in [-0.2, -0.15) is 0 Å². The number of hydrogen-bond donors (Lipinski definition) is 2. The molecular formula is C19H22N2OS. The monoisotopic (exact) mass is 326 g/mol. The highest BCUT2D eigenvalue weighted by Gasteiger charge is 2.16. The molecule has 0 unspecified atom stereocenters. The van der Waals surface area contributed by atoms with Crippen molar-refractivity contribution in [3.05, 3.63) is 53.6 Å². The van der Waals surface area contributed by atoms with Gasteiger partial charge in [-0.3, -0.25) is 4.79 Å². The average Bonchev–Trinajstić information content (AvgIpc) is 3.04. The van der Waals surface area contributed by atoms with Crippen molar-refractivity contribution in [1.82, 2.24) is 0 Å². The summed E-state index contributed by atoms with van der Waals surface area (Å²) in [5.41, 5.74) is 8.73. The van der Waals surface area contributed by atoms with E-state index >= 15 is 0 Å². The highest BCUT2D eigenvalue weighted by molar-refractivity contribution is 8.00. The molecule has 0 radical (unpaired) electrons. The van der Waals surface area contributed by atoms with E-state index < -0.39 is 0 Å². The molecule has 0 atom stereocenters. The molecule has 1 aliphatic carbocycles. The lowest BCUT2D eigenvalue weighted by molar-refractivity contribution is 0.102. The Kier molecular flexibility index (Phi) is 4.91. The zero-order valence-electron chi connectivity index (χ0n) is 13.3. The van der Waals surface area contributed by atoms with Crippen LogP contribution in [-0.2, 0) is 0 Å². The molecule has 23 heavy (non-hydrogen) atoms. The third-order valence-corrected chi connectivity index (χ3v) is 5.57. The molecular weight excluding hydrogens is 304 g/mol. The third kappa shape index (κ3) is 4.08. The summed E-state index contributed by atoms with van der Waals surface area (Å²) in [5, 5.41) is 3.70. The van der Waals surface area contributed by atoms with E-state index in [0.29, 0.717) is 11.3 Å². The number of thioether (sulfide) groups is 1. The van der Waals surface area contributed by atoms with Crippen molar-refractivity contribution in [1.29, 1.82) is 0 Å². The van der Waals surface area contributed by atoms with Crippen LogP contribution in [0.3, 0.4) is 0 Å². The summed E-state index contributed by atoms with van der Waals surface area (Å²) >= 11 is 1.95. The molecule has 3 rings (SSSR count). The van der Waals surface area contributed by atoms with Crippen LogP contribution in [0.25, 0.3) is 0 Å². The fourth-order valence-corrected chi connectivity index (χ4v) is 4.15. The first-order chi connectivity index (χ1) is 11.1. The summed E-state index contributed by atoms with van der Waals surface area (Å²) in [6.07, 6.45) is 5.34.